The van der Waals surface area contributed by atoms with Gasteiger partial charge >= 0.3 is 0 Å². The molecule has 0 unspecified atom stereocenters. The van der Waals surface area contributed by atoms with Crippen LogP contribution in [-0.4, -0.2) is 13.2 Å². The van der Waals surface area contributed by atoms with Crippen LogP contribution in [0.25, 0.3) is 0 Å². The normalized spacial score (nSPS) is 17.5. The van der Waals surface area contributed by atoms with Crippen molar-refractivity contribution >= 4 is 0 Å². The summed E-state index contributed by atoms with van der Waals surface area (Å²) in [6, 6.07) is 7.06. The number of hydrogen-bond donors (Lipinski definition) is 0. The van der Waals surface area contributed by atoms with Crippen LogP contribution >= 0.6 is 0 Å². The molecule has 1 heterocycles. The van der Waals surface area contributed by atoms with Crippen LogP contribution in [0.5, 0.6) is 0 Å². The van der Waals surface area contributed by atoms with Crippen molar-refractivity contribution in [3.05, 3.63) is 35.6 Å². The molecule has 0 amide bonds. The number of rotatable bonds is 1. The molecule has 1 aliphatic heterocycles. The molecule has 1 aliphatic rings. The minimum atomic E-state index is -0.416. The molecule has 0 aliphatic carbocycles. The maximum atomic E-state index is 12.8. The Bertz CT molecular complexity index is 287. The zero-order valence-corrected chi connectivity index (χ0v) is 11.3. The maximum absolute atomic E-state index is 12.8. The van der Waals surface area contributed by atoms with Gasteiger partial charge in [-0.25, -0.2) is 0 Å². The van der Waals surface area contributed by atoms with Crippen molar-refractivity contribution in [1.29, 1.82) is 0 Å². The van der Waals surface area contributed by atoms with Crippen LogP contribution in [0.1, 0.15) is 18.3 Å². The predicted octanol–water partition coefficient (Wildman–Crippen LogP) is 2.06. The van der Waals surface area contributed by atoms with E-state index in [0.29, 0.717) is 18.8 Å². The fourth-order valence-corrected chi connectivity index (χ4v) is 1.28. The molecule has 0 N–H and O–H groups in total. The summed E-state index contributed by atoms with van der Waals surface area (Å²) < 4.78 is 23.4. The monoisotopic (exact) mass is 320 g/mol. The van der Waals surface area contributed by atoms with Gasteiger partial charge in [0.15, 0.2) is 0 Å². The molecule has 1 fully saturated rings. The third-order valence-electron chi connectivity index (χ3n) is 1.88. The smallest absolute Gasteiger partial charge is 0.138 e. The zero-order valence-electron chi connectivity index (χ0n) is 7.70. The van der Waals surface area contributed by atoms with E-state index in [1.54, 1.807) is 6.07 Å². The predicted molar refractivity (Wildman–Crippen MR) is 44.5 cm³/mol. The molecule has 0 spiro atoms. The van der Waals surface area contributed by atoms with Crippen molar-refractivity contribution < 1.29 is 49.5 Å². The molecule has 2 rings (SSSR count). The molecular weight excluding hydrogens is 310 g/mol. The van der Waals surface area contributed by atoms with Crippen molar-refractivity contribution in [2.75, 3.05) is 13.2 Å². The molecule has 1 aromatic carbocycles. The number of benzene rings is 1. The van der Waals surface area contributed by atoms with Gasteiger partial charge in [0.1, 0.15) is 6.29 Å². The topological polar surface area (TPSA) is 18.5 Å². The van der Waals surface area contributed by atoms with E-state index < -0.39 is 6.29 Å². The van der Waals surface area contributed by atoms with Gasteiger partial charge in [-0.3, -0.25) is 4.39 Å². The third kappa shape index (κ3) is 3.14. The molecule has 0 saturated carbocycles. The van der Waals surface area contributed by atoms with Crippen molar-refractivity contribution in [3.8, 4) is 0 Å². The zero-order chi connectivity index (χ0) is 9.10. The van der Waals surface area contributed by atoms with E-state index in [0.717, 1.165) is 6.42 Å². The second-order valence-electron chi connectivity index (χ2n) is 2.91. The summed E-state index contributed by atoms with van der Waals surface area (Å²) in [4.78, 5) is 0. The van der Waals surface area contributed by atoms with E-state index in [9.17, 15) is 4.39 Å². The Labute approximate surface area is 110 Å². The number of ether oxygens (including phenoxy) is 2. The van der Waals surface area contributed by atoms with Gasteiger partial charge < -0.3 is 9.47 Å². The molecular formula is C10H10FLaO2-. The Hall–Kier alpha value is 0.265. The summed E-state index contributed by atoms with van der Waals surface area (Å²) in [6.45, 7) is 1.34. The fraction of sp³-hybridized carbons (Fsp3) is 0.400. The van der Waals surface area contributed by atoms with Gasteiger partial charge in [-0.2, -0.15) is 12.1 Å². The summed E-state index contributed by atoms with van der Waals surface area (Å²) in [5.41, 5.74) is 0.694. The van der Waals surface area contributed by atoms with Crippen LogP contribution in [-0.2, 0) is 9.47 Å². The van der Waals surface area contributed by atoms with E-state index >= 15 is 0 Å². The quantitative estimate of drug-likeness (QED) is 0.738. The Kier molecular flexibility index (Phi) is 5.27. The van der Waals surface area contributed by atoms with Gasteiger partial charge in [-0.15, -0.1) is 12.1 Å². The van der Waals surface area contributed by atoms with Gasteiger partial charge in [-0.05, 0) is 6.42 Å². The summed E-state index contributed by atoms with van der Waals surface area (Å²) in [5, 5.41) is 0. The largest absolute Gasteiger partial charge is 0.359 e. The molecule has 73 valence electrons. The molecule has 2 nitrogen and oxygen atoms in total. The minimum absolute atomic E-state index is 0. The molecule has 0 aromatic heterocycles. The van der Waals surface area contributed by atoms with Crippen molar-refractivity contribution in [2.24, 2.45) is 0 Å². The van der Waals surface area contributed by atoms with Gasteiger partial charge in [0.05, 0.1) is 13.2 Å². The van der Waals surface area contributed by atoms with Crippen LogP contribution in [0, 0.1) is 47.5 Å². The Morgan fingerprint density at radius 1 is 1.29 bits per heavy atom. The average Bonchev–Trinajstić information content (AvgIpc) is 2.19. The first kappa shape index (κ1) is 12.3. The number of hydrogen-bond acceptors (Lipinski definition) is 2. The standard InChI is InChI=1S/C10H10FO2.La/c11-9-4-1-3-8(7-9)10-12-5-2-6-13-10;/h3-4,7,10H,2,5-6H2;/q-1;. The Balaban J connectivity index is 0.000000980. The number of halogens is 1. The molecule has 1 saturated heterocycles. The van der Waals surface area contributed by atoms with E-state index in [1.165, 1.54) is 12.1 Å². The molecule has 4 heteroatoms. The van der Waals surface area contributed by atoms with Crippen LogP contribution in [0.3, 0.4) is 0 Å². The van der Waals surface area contributed by atoms with Gasteiger partial charge in [0.25, 0.3) is 0 Å². The first-order valence-electron chi connectivity index (χ1n) is 4.26. The first-order valence-corrected chi connectivity index (χ1v) is 4.26. The summed E-state index contributed by atoms with van der Waals surface area (Å²) in [5.74, 6) is -0.310. The SMILES string of the molecule is Fc1c[c-]cc(C2OCCCO2)c1.[La]. The van der Waals surface area contributed by atoms with Crippen molar-refractivity contribution in [3.63, 3.8) is 0 Å². The van der Waals surface area contributed by atoms with Crippen LogP contribution in [0.15, 0.2) is 18.2 Å². The second-order valence-corrected chi connectivity index (χ2v) is 2.91. The van der Waals surface area contributed by atoms with Gasteiger partial charge in [0, 0.05) is 41.4 Å². The molecule has 0 bridgehead atoms. The van der Waals surface area contributed by atoms with Gasteiger partial charge in [-0.1, -0.05) is 5.56 Å². The Morgan fingerprint density at radius 3 is 2.64 bits per heavy atom. The third-order valence-corrected chi connectivity index (χ3v) is 1.88. The minimum Gasteiger partial charge on any atom is -0.359 e. The van der Waals surface area contributed by atoms with Crippen LogP contribution in [0.2, 0.25) is 0 Å². The van der Waals surface area contributed by atoms with Gasteiger partial charge in [0.2, 0.25) is 0 Å². The van der Waals surface area contributed by atoms with E-state index in [2.05, 4.69) is 6.07 Å². The van der Waals surface area contributed by atoms with Crippen molar-refractivity contribution in [1.82, 2.24) is 0 Å². The Morgan fingerprint density at radius 2 is 2.00 bits per heavy atom. The van der Waals surface area contributed by atoms with E-state index in [4.69, 9.17) is 9.47 Å². The molecule has 0 atom stereocenters. The first-order chi connectivity index (χ1) is 6.36. The van der Waals surface area contributed by atoms with E-state index in [1.807, 2.05) is 0 Å². The molecule has 1 radical (unpaired) electrons. The van der Waals surface area contributed by atoms with Crippen LogP contribution < -0.4 is 0 Å². The van der Waals surface area contributed by atoms with E-state index in [-0.39, 0.29) is 41.4 Å². The second kappa shape index (κ2) is 5.98. The molecule has 14 heavy (non-hydrogen) atoms. The summed E-state index contributed by atoms with van der Waals surface area (Å²) in [6.07, 6.45) is 0.482. The van der Waals surface area contributed by atoms with Crippen LogP contribution in [0.4, 0.5) is 4.39 Å². The fourth-order valence-electron chi connectivity index (χ4n) is 1.28. The maximum Gasteiger partial charge on any atom is 0.138 e. The summed E-state index contributed by atoms with van der Waals surface area (Å²) >= 11 is 0. The summed E-state index contributed by atoms with van der Waals surface area (Å²) in [7, 11) is 0. The average molecular weight is 320 g/mol. The van der Waals surface area contributed by atoms with Crippen molar-refractivity contribution in [2.45, 2.75) is 12.7 Å². The molecule has 1 aromatic rings.